The van der Waals surface area contributed by atoms with Crippen molar-refractivity contribution in [3.63, 3.8) is 0 Å². The maximum Gasteiger partial charge on any atom is 0.113 e. The molecule has 0 aromatic rings. The van der Waals surface area contributed by atoms with E-state index in [1.165, 1.54) is 0 Å². The first-order chi connectivity index (χ1) is 5.31. The van der Waals surface area contributed by atoms with Crippen LogP contribution >= 0.6 is 0 Å². The second kappa shape index (κ2) is 3.00. The topological polar surface area (TPSA) is 21.3 Å². The van der Waals surface area contributed by atoms with E-state index < -0.39 is 0 Å². The summed E-state index contributed by atoms with van der Waals surface area (Å²) in [4.78, 5) is 0. The molecule has 72 valence electrons. The van der Waals surface area contributed by atoms with E-state index in [2.05, 4.69) is 39.9 Å². The molecular weight excluding hydrogens is 150 g/mol. The van der Waals surface area contributed by atoms with Crippen molar-refractivity contribution in [1.29, 1.82) is 0 Å². The average Bonchev–Trinajstić information content (AvgIpc) is 1.83. The molecule has 12 heavy (non-hydrogen) atoms. The van der Waals surface area contributed by atoms with Gasteiger partial charge < -0.3 is 4.74 Å². The largest absolute Gasteiger partial charge is 0.362 e. The Hall–Kier alpha value is -0.0800. The third-order valence-electron chi connectivity index (χ3n) is 2.19. The molecule has 0 spiro atoms. The molecule has 1 heterocycles. The second-order valence-electron chi connectivity index (χ2n) is 5.60. The molecule has 1 aliphatic heterocycles. The van der Waals surface area contributed by atoms with Gasteiger partial charge in [-0.2, -0.15) is 0 Å². The highest BCUT2D eigenvalue weighted by molar-refractivity contribution is 4.82. The Morgan fingerprint density at radius 1 is 1.33 bits per heavy atom. The van der Waals surface area contributed by atoms with Crippen molar-refractivity contribution in [2.24, 2.45) is 10.8 Å². The van der Waals surface area contributed by atoms with Gasteiger partial charge in [0.1, 0.15) is 6.23 Å². The third kappa shape index (κ3) is 2.46. The maximum atomic E-state index is 5.75. The zero-order valence-electron chi connectivity index (χ0n) is 8.90. The summed E-state index contributed by atoms with van der Waals surface area (Å²) >= 11 is 0. The Morgan fingerprint density at radius 3 is 2.25 bits per heavy atom. The molecule has 0 bridgehead atoms. The molecule has 1 unspecified atom stereocenters. The smallest absolute Gasteiger partial charge is 0.113 e. The fourth-order valence-electron chi connectivity index (χ4n) is 1.34. The Labute approximate surface area is 75.7 Å². The summed E-state index contributed by atoms with van der Waals surface area (Å²) in [6, 6.07) is 0. The lowest BCUT2D eigenvalue weighted by atomic mass is 9.88. The summed E-state index contributed by atoms with van der Waals surface area (Å²) < 4.78 is 5.75. The first-order valence-corrected chi connectivity index (χ1v) is 4.66. The standard InChI is InChI=1S/C10H21NO/c1-9(2,3)8-11-6-10(4,5)7-12-8/h8,11H,6-7H2,1-5H3. The molecule has 2 heteroatoms. The highest BCUT2D eigenvalue weighted by Gasteiger charge is 2.33. The third-order valence-corrected chi connectivity index (χ3v) is 2.19. The summed E-state index contributed by atoms with van der Waals surface area (Å²) in [6.45, 7) is 12.9. The van der Waals surface area contributed by atoms with Gasteiger partial charge in [-0.05, 0) is 0 Å². The Bertz CT molecular complexity index is 148. The second-order valence-corrected chi connectivity index (χ2v) is 5.60. The van der Waals surface area contributed by atoms with Gasteiger partial charge in [-0.25, -0.2) is 0 Å². The van der Waals surface area contributed by atoms with Crippen LogP contribution in [0.2, 0.25) is 0 Å². The Morgan fingerprint density at radius 2 is 1.92 bits per heavy atom. The molecule has 0 radical (unpaired) electrons. The van der Waals surface area contributed by atoms with Crippen LogP contribution in [0.4, 0.5) is 0 Å². The fourth-order valence-corrected chi connectivity index (χ4v) is 1.34. The van der Waals surface area contributed by atoms with E-state index in [4.69, 9.17) is 4.74 Å². The number of rotatable bonds is 0. The van der Waals surface area contributed by atoms with Crippen molar-refractivity contribution in [2.75, 3.05) is 13.2 Å². The highest BCUT2D eigenvalue weighted by Crippen LogP contribution is 2.27. The lowest BCUT2D eigenvalue weighted by molar-refractivity contribution is -0.105. The van der Waals surface area contributed by atoms with Crippen LogP contribution in [0.1, 0.15) is 34.6 Å². The normalized spacial score (nSPS) is 30.2. The summed E-state index contributed by atoms with van der Waals surface area (Å²) in [6.07, 6.45) is 0.213. The molecule has 0 saturated carbocycles. The van der Waals surface area contributed by atoms with Gasteiger partial charge in [0.2, 0.25) is 0 Å². The van der Waals surface area contributed by atoms with Crippen LogP contribution in [0, 0.1) is 10.8 Å². The molecule has 1 N–H and O–H groups in total. The summed E-state index contributed by atoms with van der Waals surface area (Å²) in [7, 11) is 0. The van der Waals surface area contributed by atoms with Gasteiger partial charge in [0, 0.05) is 17.4 Å². The predicted molar refractivity (Wildman–Crippen MR) is 51.0 cm³/mol. The zero-order chi connectivity index (χ0) is 9.41. The SMILES string of the molecule is CC1(C)CNC(C(C)(C)C)OC1. The minimum Gasteiger partial charge on any atom is -0.362 e. The Kier molecular flexibility index (Phi) is 2.50. The van der Waals surface area contributed by atoms with Gasteiger partial charge >= 0.3 is 0 Å². The zero-order valence-corrected chi connectivity index (χ0v) is 8.90. The quantitative estimate of drug-likeness (QED) is 0.602. The minimum atomic E-state index is 0.205. The monoisotopic (exact) mass is 171 g/mol. The molecule has 0 amide bonds. The lowest BCUT2D eigenvalue weighted by Gasteiger charge is -2.41. The minimum absolute atomic E-state index is 0.205. The highest BCUT2D eigenvalue weighted by atomic mass is 16.5. The van der Waals surface area contributed by atoms with E-state index in [9.17, 15) is 0 Å². The van der Waals surface area contributed by atoms with E-state index in [1.807, 2.05) is 0 Å². The Balaban J connectivity index is 2.47. The number of hydrogen-bond donors (Lipinski definition) is 1. The van der Waals surface area contributed by atoms with E-state index in [1.54, 1.807) is 0 Å². The maximum absolute atomic E-state index is 5.75. The van der Waals surface area contributed by atoms with E-state index in [0.29, 0.717) is 5.41 Å². The van der Waals surface area contributed by atoms with Crippen LogP contribution in [0.15, 0.2) is 0 Å². The van der Waals surface area contributed by atoms with Gasteiger partial charge in [0.05, 0.1) is 6.61 Å². The molecule has 2 nitrogen and oxygen atoms in total. The molecule has 1 fully saturated rings. The van der Waals surface area contributed by atoms with Crippen molar-refractivity contribution in [1.82, 2.24) is 5.32 Å². The van der Waals surface area contributed by atoms with Crippen molar-refractivity contribution in [2.45, 2.75) is 40.8 Å². The first kappa shape index (κ1) is 10.0. The molecule has 0 aromatic carbocycles. The molecule has 1 saturated heterocycles. The average molecular weight is 171 g/mol. The summed E-state index contributed by atoms with van der Waals surface area (Å²) in [5, 5.41) is 3.43. The number of hydrogen-bond acceptors (Lipinski definition) is 2. The van der Waals surface area contributed by atoms with Crippen LogP contribution in [0.5, 0.6) is 0 Å². The van der Waals surface area contributed by atoms with Crippen molar-refractivity contribution in [3.8, 4) is 0 Å². The molecule has 0 aromatic heterocycles. The van der Waals surface area contributed by atoms with Crippen molar-refractivity contribution in [3.05, 3.63) is 0 Å². The first-order valence-electron chi connectivity index (χ1n) is 4.66. The summed E-state index contributed by atoms with van der Waals surface area (Å²) in [5.41, 5.74) is 0.498. The van der Waals surface area contributed by atoms with E-state index >= 15 is 0 Å². The molecule has 1 rings (SSSR count). The van der Waals surface area contributed by atoms with Crippen LogP contribution < -0.4 is 5.32 Å². The van der Waals surface area contributed by atoms with E-state index in [-0.39, 0.29) is 11.6 Å². The van der Waals surface area contributed by atoms with Crippen LogP contribution in [0.3, 0.4) is 0 Å². The van der Waals surface area contributed by atoms with Crippen molar-refractivity contribution < 1.29 is 4.74 Å². The molecule has 1 atom stereocenters. The van der Waals surface area contributed by atoms with Gasteiger partial charge in [-0.1, -0.05) is 34.6 Å². The van der Waals surface area contributed by atoms with Crippen LogP contribution in [-0.2, 0) is 4.74 Å². The van der Waals surface area contributed by atoms with Crippen LogP contribution in [0.25, 0.3) is 0 Å². The van der Waals surface area contributed by atoms with E-state index in [0.717, 1.165) is 13.2 Å². The number of nitrogens with one attached hydrogen (secondary N) is 1. The fraction of sp³-hybridized carbons (Fsp3) is 1.00. The van der Waals surface area contributed by atoms with Crippen molar-refractivity contribution >= 4 is 0 Å². The van der Waals surface area contributed by atoms with Gasteiger partial charge in [-0.3, -0.25) is 5.32 Å². The molecular formula is C10H21NO. The van der Waals surface area contributed by atoms with Gasteiger partial charge in [-0.15, -0.1) is 0 Å². The summed E-state index contributed by atoms with van der Waals surface area (Å²) in [5.74, 6) is 0. The molecule has 0 aliphatic carbocycles. The lowest BCUT2D eigenvalue weighted by Crippen LogP contribution is -2.53. The molecule has 1 aliphatic rings. The van der Waals surface area contributed by atoms with Gasteiger partial charge in [0.15, 0.2) is 0 Å². The predicted octanol–water partition coefficient (Wildman–Crippen LogP) is 2.00. The van der Waals surface area contributed by atoms with Crippen LogP contribution in [-0.4, -0.2) is 19.4 Å². The van der Waals surface area contributed by atoms with Gasteiger partial charge in [0.25, 0.3) is 0 Å². The number of ether oxygens (including phenoxy) is 1.